The average molecular weight is 422 g/mol. The molecule has 7 nitrogen and oxygen atoms in total. The molecule has 1 fully saturated rings. The predicted molar refractivity (Wildman–Crippen MR) is 108 cm³/mol. The topological polar surface area (TPSA) is 70.5 Å². The highest BCUT2D eigenvalue weighted by Gasteiger charge is 2.33. The lowest BCUT2D eigenvalue weighted by Crippen LogP contribution is -2.56. The number of carbonyl (C=O) groups is 2. The van der Waals surface area contributed by atoms with Gasteiger partial charge >= 0.3 is 0 Å². The van der Waals surface area contributed by atoms with E-state index in [-0.39, 0.29) is 18.2 Å². The normalized spacial score (nSPS) is 17.2. The number of amides is 2. The molecule has 1 saturated heterocycles. The first-order chi connectivity index (χ1) is 14.0. The van der Waals surface area contributed by atoms with Crippen molar-refractivity contribution in [3.63, 3.8) is 0 Å². The molecule has 1 atom stereocenters. The van der Waals surface area contributed by atoms with E-state index in [0.29, 0.717) is 44.3 Å². The molecule has 9 heteroatoms. The molecule has 2 heterocycles. The Balaban J connectivity index is 1.66. The minimum atomic E-state index is -0.587. The molecule has 0 spiro atoms. The zero-order valence-corrected chi connectivity index (χ0v) is 17.1. The van der Waals surface area contributed by atoms with Crippen molar-refractivity contribution in [2.24, 2.45) is 0 Å². The van der Waals surface area contributed by atoms with Crippen LogP contribution in [0.4, 0.5) is 4.39 Å². The summed E-state index contributed by atoms with van der Waals surface area (Å²) in [5, 5.41) is 7.30. The van der Waals surface area contributed by atoms with E-state index in [0.717, 1.165) is 5.56 Å². The number of rotatable bonds is 8. The van der Waals surface area contributed by atoms with Crippen LogP contribution in [0.5, 0.6) is 0 Å². The molecule has 1 aliphatic heterocycles. The van der Waals surface area contributed by atoms with Crippen molar-refractivity contribution in [3.8, 4) is 0 Å². The average Bonchev–Trinajstić information content (AvgIpc) is 3.20. The Morgan fingerprint density at radius 3 is 2.97 bits per heavy atom. The van der Waals surface area contributed by atoms with E-state index < -0.39 is 11.9 Å². The SMILES string of the molecule is CCN(CCn1cccn1)C(=O)C[C@H]1C(=O)NCCN1Cc1ccc(F)cc1Cl. The minimum absolute atomic E-state index is 0.0809. The van der Waals surface area contributed by atoms with Crippen molar-refractivity contribution >= 4 is 23.4 Å². The summed E-state index contributed by atoms with van der Waals surface area (Å²) in [5.41, 5.74) is 0.728. The molecule has 2 aromatic rings. The zero-order chi connectivity index (χ0) is 20.8. The van der Waals surface area contributed by atoms with Gasteiger partial charge in [0.1, 0.15) is 5.82 Å². The monoisotopic (exact) mass is 421 g/mol. The first-order valence-electron chi connectivity index (χ1n) is 9.68. The van der Waals surface area contributed by atoms with Gasteiger partial charge in [0.25, 0.3) is 0 Å². The molecule has 0 radical (unpaired) electrons. The fourth-order valence-electron chi connectivity index (χ4n) is 3.45. The molecule has 1 aromatic heterocycles. The summed E-state index contributed by atoms with van der Waals surface area (Å²) in [5.74, 6) is -0.666. The summed E-state index contributed by atoms with van der Waals surface area (Å²) in [4.78, 5) is 29.0. The Bertz CT molecular complexity index is 845. The highest BCUT2D eigenvalue weighted by molar-refractivity contribution is 6.31. The molecule has 2 amide bonds. The standard InChI is InChI=1S/C20H25ClFN5O2/c1-2-25(10-11-27-8-3-6-24-27)19(28)13-18-20(29)23-7-9-26(18)14-15-4-5-16(22)12-17(15)21/h3-6,8,12,18H,2,7,9-11,13-14H2,1H3,(H,23,29)/t18-/m0/s1. The van der Waals surface area contributed by atoms with E-state index in [1.54, 1.807) is 21.8 Å². The molecule has 0 saturated carbocycles. The fourth-order valence-corrected chi connectivity index (χ4v) is 3.68. The zero-order valence-electron chi connectivity index (χ0n) is 16.4. The first kappa shape index (κ1) is 21.3. The lowest BCUT2D eigenvalue weighted by molar-refractivity contribution is -0.139. The van der Waals surface area contributed by atoms with Crippen LogP contribution in [0.25, 0.3) is 0 Å². The van der Waals surface area contributed by atoms with Crippen molar-refractivity contribution in [2.45, 2.75) is 32.5 Å². The van der Waals surface area contributed by atoms with Gasteiger partial charge in [0, 0.05) is 50.1 Å². The second-order valence-corrected chi connectivity index (χ2v) is 7.37. The van der Waals surface area contributed by atoms with Gasteiger partial charge in [-0.1, -0.05) is 17.7 Å². The second-order valence-electron chi connectivity index (χ2n) is 6.96. The number of nitrogens with zero attached hydrogens (tertiary/aromatic N) is 4. The molecule has 0 aliphatic carbocycles. The highest BCUT2D eigenvalue weighted by Crippen LogP contribution is 2.22. The van der Waals surface area contributed by atoms with Crippen LogP contribution >= 0.6 is 11.6 Å². The van der Waals surface area contributed by atoms with E-state index in [9.17, 15) is 14.0 Å². The van der Waals surface area contributed by atoms with Crippen LogP contribution < -0.4 is 5.32 Å². The van der Waals surface area contributed by atoms with Crippen molar-refractivity contribution < 1.29 is 14.0 Å². The molecule has 3 rings (SSSR count). The van der Waals surface area contributed by atoms with E-state index in [1.807, 2.05) is 24.1 Å². The molecule has 0 bridgehead atoms. The highest BCUT2D eigenvalue weighted by atomic mass is 35.5. The maximum atomic E-state index is 13.3. The third-order valence-electron chi connectivity index (χ3n) is 5.09. The Morgan fingerprint density at radius 1 is 1.45 bits per heavy atom. The number of hydrogen-bond acceptors (Lipinski definition) is 4. The molecule has 1 N–H and O–H groups in total. The summed E-state index contributed by atoms with van der Waals surface area (Å²) >= 11 is 6.15. The van der Waals surface area contributed by atoms with Crippen LogP contribution in [0.3, 0.4) is 0 Å². The summed E-state index contributed by atoms with van der Waals surface area (Å²) < 4.78 is 15.1. The van der Waals surface area contributed by atoms with Crippen LogP contribution in [0.2, 0.25) is 5.02 Å². The Hall–Kier alpha value is -2.45. The third-order valence-corrected chi connectivity index (χ3v) is 5.44. The second kappa shape index (κ2) is 9.84. The fraction of sp³-hybridized carbons (Fsp3) is 0.450. The molecular weight excluding hydrogens is 397 g/mol. The van der Waals surface area contributed by atoms with Gasteiger partial charge in [-0.3, -0.25) is 19.2 Å². The van der Waals surface area contributed by atoms with Crippen LogP contribution in [-0.4, -0.2) is 63.6 Å². The summed E-state index contributed by atoms with van der Waals surface area (Å²) in [6.07, 6.45) is 3.63. The largest absolute Gasteiger partial charge is 0.353 e. The quantitative estimate of drug-likeness (QED) is 0.707. The van der Waals surface area contributed by atoms with Crippen LogP contribution in [-0.2, 0) is 22.7 Å². The van der Waals surface area contributed by atoms with Gasteiger partial charge < -0.3 is 10.2 Å². The van der Waals surface area contributed by atoms with Gasteiger partial charge in [0.15, 0.2) is 0 Å². The minimum Gasteiger partial charge on any atom is -0.353 e. The summed E-state index contributed by atoms with van der Waals surface area (Å²) in [6.45, 7) is 5.06. The smallest absolute Gasteiger partial charge is 0.237 e. The molecule has 1 aliphatic rings. The molecule has 156 valence electrons. The van der Waals surface area contributed by atoms with E-state index in [1.165, 1.54) is 12.1 Å². The third kappa shape index (κ3) is 5.55. The van der Waals surface area contributed by atoms with Crippen LogP contribution in [0, 0.1) is 5.82 Å². The molecular formula is C20H25ClFN5O2. The van der Waals surface area contributed by atoms with Gasteiger partial charge in [0.05, 0.1) is 19.0 Å². The predicted octanol–water partition coefficient (Wildman–Crippen LogP) is 1.91. The number of aromatic nitrogens is 2. The number of piperazine rings is 1. The molecule has 29 heavy (non-hydrogen) atoms. The van der Waals surface area contributed by atoms with Crippen molar-refractivity contribution in [1.82, 2.24) is 24.9 Å². The van der Waals surface area contributed by atoms with Gasteiger partial charge in [-0.15, -0.1) is 0 Å². The Morgan fingerprint density at radius 2 is 2.28 bits per heavy atom. The van der Waals surface area contributed by atoms with E-state index >= 15 is 0 Å². The van der Waals surface area contributed by atoms with Crippen molar-refractivity contribution in [3.05, 3.63) is 53.1 Å². The number of halogens is 2. The van der Waals surface area contributed by atoms with Gasteiger partial charge in [0.2, 0.25) is 11.8 Å². The number of benzene rings is 1. The maximum Gasteiger partial charge on any atom is 0.237 e. The summed E-state index contributed by atoms with van der Waals surface area (Å²) in [6, 6.07) is 5.47. The number of carbonyl (C=O) groups excluding carboxylic acids is 2. The molecule has 1 aromatic carbocycles. The van der Waals surface area contributed by atoms with Crippen molar-refractivity contribution in [1.29, 1.82) is 0 Å². The van der Waals surface area contributed by atoms with E-state index in [4.69, 9.17) is 11.6 Å². The van der Waals surface area contributed by atoms with Gasteiger partial charge in [-0.25, -0.2) is 4.39 Å². The Labute approximate surface area is 174 Å². The van der Waals surface area contributed by atoms with E-state index in [2.05, 4.69) is 10.4 Å². The lowest BCUT2D eigenvalue weighted by Gasteiger charge is -2.36. The maximum absolute atomic E-state index is 13.3. The van der Waals surface area contributed by atoms with Gasteiger partial charge in [-0.05, 0) is 30.7 Å². The first-order valence-corrected chi connectivity index (χ1v) is 10.1. The number of hydrogen-bond donors (Lipinski definition) is 1. The lowest BCUT2D eigenvalue weighted by atomic mass is 10.1. The Kier molecular flexibility index (Phi) is 7.22. The summed E-state index contributed by atoms with van der Waals surface area (Å²) in [7, 11) is 0. The van der Waals surface area contributed by atoms with Crippen molar-refractivity contribution in [2.75, 3.05) is 26.2 Å². The number of nitrogens with one attached hydrogen (secondary N) is 1. The van der Waals surface area contributed by atoms with Crippen LogP contribution in [0.1, 0.15) is 18.9 Å². The number of likely N-dealkylation sites (N-methyl/N-ethyl adjacent to an activating group) is 1. The van der Waals surface area contributed by atoms with Crippen LogP contribution in [0.15, 0.2) is 36.7 Å². The molecule has 0 unspecified atom stereocenters. The van der Waals surface area contributed by atoms with Gasteiger partial charge in [-0.2, -0.15) is 5.10 Å².